The molecule has 1 unspecified atom stereocenters. The lowest BCUT2D eigenvalue weighted by molar-refractivity contribution is 0.181. The van der Waals surface area contributed by atoms with Crippen molar-refractivity contribution in [2.24, 2.45) is 10.9 Å². The minimum atomic E-state index is 0.583. The lowest BCUT2D eigenvalue weighted by Gasteiger charge is -2.24. The monoisotopic (exact) mass is 349 g/mol. The van der Waals surface area contributed by atoms with Crippen molar-refractivity contribution < 1.29 is 14.2 Å². The summed E-state index contributed by atoms with van der Waals surface area (Å²) in [6.45, 7) is 8.78. The van der Waals surface area contributed by atoms with Gasteiger partial charge in [-0.05, 0) is 38.0 Å². The van der Waals surface area contributed by atoms with Gasteiger partial charge < -0.3 is 24.4 Å². The first kappa shape index (κ1) is 19.4. The van der Waals surface area contributed by atoms with E-state index < -0.39 is 0 Å². The Kier molecular flexibility index (Phi) is 7.85. The summed E-state index contributed by atoms with van der Waals surface area (Å²) in [5, 5.41) is 3.37. The average Bonchev–Trinajstić information content (AvgIpc) is 3.12. The molecule has 1 aliphatic rings. The highest BCUT2D eigenvalue weighted by Gasteiger charge is 2.19. The topological polar surface area (TPSA) is 55.3 Å². The summed E-state index contributed by atoms with van der Waals surface area (Å²) in [5.41, 5.74) is 1.09. The number of nitrogens with one attached hydrogen (secondary N) is 1. The van der Waals surface area contributed by atoms with Crippen LogP contribution in [0.15, 0.2) is 23.2 Å². The molecule has 1 heterocycles. The second kappa shape index (κ2) is 10.1. The van der Waals surface area contributed by atoms with Crippen LogP contribution in [-0.4, -0.2) is 57.9 Å². The Morgan fingerprint density at radius 3 is 2.84 bits per heavy atom. The Bertz CT molecular complexity index is 557. The Morgan fingerprint density at radius 1 is 1.36 bits per heavy atom. The SMILES string of the molecule is CCNC(=NCc1ccc(OC)c(OCC)c1)N(C)CC1CCOC1. The number of ether oxygens (including phenoxy) is 3. The molecule has 1 N–H and O–H groups in total. The van der Waals surface area contributed by atoms with Crippen LogP contribution >= 0.6 is 0 Å². The predicted molar refractivity (Wildman–Crippen MR) is 101 cm³/mol. The fourth-order valence-electron chi connectivity index (χ4n) is 2.92. The molecular weight excluding hydrogens is 318 g/mol. The maximum absolute atomic E-state index is 5.65. The Hall–Kier alpha value is -1.95. The Labute approximate surface area is 151 Å². The number of guanidine groups is 1. The van der Waals surface area contributed by atoms with Crippen LogP contribution in [-0.2, 0) is 11.3 Å². The van der Waals surface area contributed by atoms with E-state index in [-0.39, 0.29) is 0 Å². The molecule has 0 radical (unpaired) electrons. The highest BCUT2D eigenvalue weighted by Crippen LogP contribution is 2.28. The molecule has 1 aromatic carbocycles. The van der Waals surface area contributed by atoms with Crippen LogP contribution in [0.3, 0.4) is 0 Å². The van der Waals surface area contributed by atoms with Crippen molar-refractivity contribution in [2.45, 2.75) is 26.8 Å². The first-order valence-corrected chi connectivity index (χ1v) is 9.04. The molecule has 0 aromatic heterocycles. The van der Waals surface area contributed by atoms with Crippen LogP contribution < -0.4 is 14.8 Å². The quantitative estimate of drug-likeness (QED) is 0.577. The van der Waals surface area contributed by atoms with E-state index in [1.54, 1.807) is 7.11 Å². The van der Waals surface area contributed by atoms with Crippen molar-refractivity contribution in [2.75, 3.05) is 47.1 Å². The molecule has 1 fully saturated rings. The average molecular weight is 349 g/mol. The number of rotatable bonds is 8. The largest absolute Gasteiger partial charge is 0.493 e. The molecule has 0 bridgehead atoms. The summed E-state index contributed by atoms with van der Waals surface area (Å²) in [4.78, 5) is 6.97. The molecule has 1 aliphatic heterocycles. The van der Waals surface area contributed by atoms with E-state index in [2.05, 4.69) is 24.2 Å². The van der Waals surface area contributed by atoms with Crippen molar-refractivity contribution >= 4 is 5.96 Å². The maximum Gasteiger partial charge on any atom is 0.193 e. The summed E-state index contributed by atoms with van der Waals surface area (Å²) in [6.07, 6.45) is 1.12. The summed E-state index contributed by atoms with van der Waals surface area (Å²) >= 11 is 0. The van der Waals surface area contributed by atoms with Crippen molar-refractivity contribution in [1.29, 1.82) is 0 Å². The van der Waals surface area contributed by atoms with Gasteiger partial charge in [-0.2, -0.15) is 0 Å². The summed E-state index contributed by atoms with van der Waals surface area (Å²) in [6, 6.07) is 5.96. The lowest BCUT2D eigenvalue weighted by Crippen LogP contribution is -2.41. The Balaban J connectivity index is 2.05. The molecule has 25 heavy (non-hydrogen) atoms. The van der Waals surface area contributed by atoms with Gasteiger partial charge in [0.15, 0.2) is 17.5 Å². The number of aliphatic imine (C=N–C) groups is 1. The molecule has 0 saturated carbocycles. The van der Waals surface area contributed by atoms with Crippen LogP contribution in [0.2, 0.25) is 0 Å². The standard InChI is InChI=1S/C19H31N3O3/c1-5-20-19(22(3)13-16-9-10-24-14-16)21-12-15-7-8-17(23-4)18(11-15)25-6-2/h7-8,11,16H,5-6,9-10,12-14H2,1-4H3,(H,20,21). The second-order valence-corrected chi connectivity index (χ2v) is 6.20. The summed E-state index contributed by atoms with van der Waals surface area (Å²) in [5.74, 6) is 3.02. The van der Waals surface area contributed by atoms with Gasteiger partial charge >= 0.3 is 0 Å². The van der Waals surface area contributed by atoms with Gasteiger partial charge in [-0.3, -0.25) is 0 Å². The van der Waals surface area contributed by atoms with Crippen molar-refractivity contribution in [3.8, 4) is 11.5 Å². The molecule has 1 aromatic rings. The van der Waals surface area contributed by atoms with Crippen molar-refractivity contribution in [1.82, 2.24) is 10.2 Å². The zero-order valence-corrected chi connectivity index (χ0v) is 15.9. The van der Waals surface area contributed by atoms with E-state index in [9.17, 15) is 0 Å². The van der Waals surface area contributed by atoms with Crippen molar-refractivity contribution in [3.05, 3.63) is 23.8 Å². The van der Waals surface area contributed by atoms with E-state index in [1.165, 1.54) is 0 Å². The van der Waals surface area contributed by atoms with Gasteiger partial charge in [-0.15, -0.1) is 0 Å². The van der Waals surface area contributed by atoms with Gasteiger partial charge in [0.2, 0.25) is 0 Å². The summed E-state index contributed by atoms with van der Waals surface area (Å²) in [7, 11) is 3.74. The predicted octanol–water partition coefficient (Wildman–Crippen LogP) is 2.53. The number of benzene rings is 1. The van der Waals surface area contributed by atoms with Crippen LogP contribution in [0.25, 0.3) is 0 Å². The van der Waals surface area contributed by atoms with E-state index in [4.69, 9.17) is 19.2 Å². The number of hydrogen-bond acceptors (Lipinski definition) is 4. The van der Waals surface area contributed by atoms with Gasteiger partial charge in [-0.25, -0.2) is 4.99 Å². The zero-order chi connectivity index (χ0) is 18.1. The summed E-state index contributed by atoms with van der Waals surface area (Å²) < 4.78 is 16.5. The highest BCUT2D eigenvalue weighted by atomic mass is 16.5. The molecule has 0 spiro atoms. The number of nitrogens with zero attached hydrogens (tertiary/aromatic N) is 2. The van der Waals surface area contributed by atoms with Gasteiger partial charge in [-0.1, -0.05) is 6.07 Å². The first-order chi connectivity index (χ1) is 12.2. The second-order valence-electron chi connectivity index (χ2n) is 6.20. The fourth-order valence-corrected chi connectivity index (χ4v) is 2.92. The number of hydrogen-bond donors (Lipinski definition) is 1. The van der Waals surface area contributed by atoms with Crippen LogP contribution in [0.5, 0.6) is 11.5 Å². The van der Waals surface area contributed by atoms with Gasteiger partial charge in [0.05, 0.1) is 26.9 Å². The van der Waals surface area contributed by atoms with E-state index >= 15 is 0 Å². The van der Waals surface area contributed by atoms with Crippen molar-refractivity contribution in [3.63, 3.8) is 0 Å². The number of methoxy groups -OCH3 is 1. The normalized spacial score (nSPS) is 17.4. The van der Waals surface area contributed by atoms with Gasteiger partial charge in [0, 0.05) is 32.7 Å². The third-order valence-corrected chi connectivity index (χ3v) is 4.19. The smallest absolute Gasteiger partial charge is 0.193 e. The molecule has 1 atom stereocenters. The van der Waals surface area contributed by atoms with Crippen LogP contribution in [0.4, 0.5) is 0 Å². The first-order valence-electron chi connectivity index (χ1n) is 9.04. The molecule has 6 heteroatoms. The minimum Gasteiger partial charge on any atom is -0.493 e. The van der Waals surface area contributed by atoms with Gasteiger partial charge in [0.1, 0.15) is 0 Å². The zero-order valence-electron chi connectivity index (χ0n) is 15.9. The molecule has 0 aliphatic carbocycles. The molecular formula is C19H31N3O3. The van der Waals surface area contributed by atoms with Gasteiger partial charge in [0.25, 0.3) is 0 Å². The molecule has 140 valence electrons. The highest BCUT2D eigenvalue weighted by molar-refractivity contribution is 5.79. The van der Waals surface area contributed by atoms with E-state index in [0.29, 0.717) is 19.1 Å². The molecule has 1 saturated heterocycles. The van der Waals surface area contributed by atoms with E-state index in [1.807, 2.05) is 25.1 Å². The molecule has 2 rings (SSSR count). The molecule has 0 amide bonds. The Morgan fingerprint density at radius 2 is 2.20 bits per heavy atom. The third kappa shape index (κ3) is 5.81. The fraction of sp³-hybridized carbons (Fsp3) is 0.632. The minimum absolute atomic E-state index is 0.583. The third-order valence-electron chi connectivity index (χ3n) is 4.19. The van der Waals surface area contributed by atoms with Crippen LogP contribution in [0.1, 0.15) is 25.8 Å². The van der Waals surface area contributed by atoms with E-state index in [0.717, 1.165) is 55.7 Å². The lowest BCUT2D eigenvalue weighted by atomic mass is 10.1. The maximum atomic E-state index is 5.65. The van der Waals surface area contributed by atoms with Crippen LogP contribution in [0, 0.1) is 5.92 Å². The molecule has 6 nitrogen and oxygen atoms in total.